The summed E-state index contributed by atoms with van der Waals surface area (Å²) in [6, 6.07) is 4.78. The van der Waals surface area contributed by atoms with Crippen molar-refractivity contribution in [1.82, 2.24) is 9.78 Å². The van der Waals surface area contributed by atoms with Gasteiger partial charge in [-0.05, 0) is 19.1 Å². The molecule has 2 aromatic heterocycles. The Hall–Kier alpha value is -2.11. The zero-order chi connectivity index (χ0) is 10.8. The first-order chi connectivity index (χ1) is 7.15. The van der Waals surface area contributed by atoms with Crippen LogP contribution in [-0.4, -0.2) is 14.7 Å². The SMILES string of the molecule is Cc1ccn(Cc2ccc([N+](=O)[O-])o2)n1. The van der Waals surface area contributed by atoms with Gasteiger partial charge in [-0.2, -0.15) is 5.10 Å². The second kappa shape index (κ2) is 3.56. The first-order valence-corrected chi connectivity index (χ1v) is 4.38. The monoisotopic (exact) mass is 207 g/mol. The molecule has 0 saturated heterocycles. The largest absolute Gasteiger partial charge is 0.433 e. The molecule has 0 saturated carbocycles. The van der Waals surface area contributed by atoms with Crippen molar-refractivity contribution in [3.8, 4) is 0 Å². The third-order valence-electron chi connectivity index (χ3n) is 1.92. The molecule has 0 spiro atoms. The predicted octanol–water partition coefficient (Wildman–Crippen LogP) is 1.74. The van der Waals surface area contributed by atoms with E-state index in [0.29, 0.717) is 12.3 Å². The molecule has 6 nitrogen and oxygen atoms in total. The van der Waals surface area contributed by atoms with Gasteiger partial charge in [-0.15, -0.1) is 0 Å². The Labute approximate surface area is 85.3 Å². The van der Waals surface area contributed by atoms with Gasteiger partial charge in [0.2, 0.25) is 0 Å². The number of rotatable bonds is 3. The van der Waals surface area contributed by atoms with Crippen molar-refractivity contribution in [2.45, 2.75) is 13.5 Å². The Morgan fingerprint density at radius 3 is 2.87 bits per heavy atom. The van der Waals surface area contributed by atoms with Gasteiger partial charge >= 0.3 is 5.88 Å². The van der Waals surface area contributed by atoms with Gasteiger partial charge < -0.3 is 4.42 Å². The van der Waals surface area contributed by atoms with E-state index in [1.54, 1.807) is 16.9 Å². The molecule has 0 bridgehead atoms. The minimum atomic E-state index is -0.558. The highest BCUT2D eigenvalue weighted by atomic mass is 16.6. The van der Waals surface area contributed by atoms with E-state index in [1.807, 2.05) is 13.0 Å². The zero-order valence-corrected chi connectivity index (χ0v) is 8.08. The Balaban J connectivity index is 2.14. The minimum Gasteiger partial charge on any atom is -0.404 e. The summed E-state index contributed by atoms with van der Waals surface area (Å²) in [5.74, 6) is 0.277. The van der Waals surface area contributed by atoms with Crippen molar-refractivity contribution in [3.05, 3.63) is 46.0 Å². The maximum Gasteiger partial charge on any atom is 0.433 e. The second-order valence-electron chi connectivity index (χ2n) is 3.15. The normalized spacial score (nSPS) is 10.5. The molecule has 0 fully saturated rings. The van der Waals surface area contributed by atoms with Crippen LogP contribution in [0.1, 0.15) is 11.5 Å². The van der Waals surface area contributed by atoms with Crippen LogP contribution in [0.3, 0.4) is 0 Å². The van der Waals surface area contributed by atoms with Crippen LogP contribution in [0.25, 0.3) is 0 Å². The van der Waals surface area contributed by atoms with Crippen LogP contribution < -0.4 is 0 Å². The van der Waals surface area contributed by atoms with E-state index in [0.717, 1.165) is 5.69 Å². The molecule has 0 N–H and O–H groups in total. The fourth-order valence-electron chi connectivity index (χ4n) is 1.26. The van der Waals surface area contributed by atoms with Crippen LogP contribution in [0.5, 0.6) is 0 Å². The summed E-state index contributed by atoms with van der Waals surface area (Å²) in [5, 5.41) is 14.5. The molecule has 0 unspecified atom stereocenters. The summed E-state index contributed by atoms with van der Waals surface area (Å²) in [6.45, 7) is 2.28. The standard InChI is InChI=1S/C9H9N3O3/c1-7-4-5-11(10-7)6-8-2-3-9(15-8)12(13)14/h2-5H,6H2,1H3. The molecule has 15 heavy (non-hydrogen) atoms. The molecule has 6 heteroatoms. The number of hydrogen-bond donors (Lipinski definition) is 0. The average Bonchev–Trinajstić information content (AvgIpc) is 2.76. The van der Waals surface area contributed by atoms with E-state index in [-0.39, 0.29) is 5.88 Å². The molecule has 0 aromatic carbocycles. The molecule has 0 radical (unpaired) electrons. The summed E-state index contributed by atoms with van der Waals surface area (Å²) in [5.41, 5.74) is 0.899. The van der Waals surface area contributed by atoms with E-state index >= 15 is 0 Å². The molecule has 0 atom stereocenters. The lowest BCUT2D eigenvalue weighted by Gasteiger charge is -1.95. The third-order valence-corrected chi connectivity index (χ3v) is 1.92. The van der Waals surface area contributed by atoms with Crippen LogP contribution in [-0.2, 0) is 6.54 Å². The Kier molecular flexibility index (Phi) is 2.24. The number of nitro groups is 1. The smallest absolute Gasteiger partial charge is 0.404 e. The van der Waals surface area contributed by atoms with Crippen LogP contribution in [0, 0.1) is 17.0 Å². The van der Waals surface area contributed by atoms with Crippen molar-refractivity contribution in [2.24, 2.45) is 0 Å². The maximum absolute atomic E-state index is 10.4. The molecular weight excluding hydrogens is 198 g/mol. The van der Waals surface area contributed by atoms with Crippen LogP contribution in [0.2, 0.25) is 0 Å². The van der Waals surface area contributed by atoms with E-state index < -0.39 is 4.92 Å². The molecule has 0 aliphatic rings. The van der Waals surface area contributed by atoms with Gasteiger partial charge in [-0.1, -0.05) is 0 Å². The van der Waals surface area contributed by atoms with E-state index in [9.17, 15) is 10.1 Å². The summed E-state index contributed by atoms with van der Waals surface area (Å²) < 4.78 is 6.66. The van der Waals surface area contributed by atoms with Gasteiger partial charge in [-0.25, -0.2) is 0 Å². The molecule has 2 aromatic rings. The number of hydrogen-bond acceptors (Lipinski definition) is 4. The molecule has 2 rings (SSSR count). The fraction of sp³-hybridized carbons (Fsp3) is 0.222. The van der Waals surface area contributed by atoms with Gasteiger partial charge in [0.15, 0.2) is 0 Å². The van der Waals surface area contributed by atoms with Gasteiger partial charge in [0.05, 0.1) is 18.3 Å². The molecule has 2 heterocycles. The van der Waals surface area contributed by atoms with Crippen molar-refractivity contribution in [1.29, 1.82) is 0 Å². The fourth-order valence-corrected chi connectivity index (χ4v) is 1.26. The van der Waals surface area contributed by atoms with Gasteiger partial charge in [0, 0.05) is 6.20 Å². The quantitative estimate of drug-likeness (QED) is 0.567. The Bertz CT molecular complexity index is 486. The highest BCUT2D eigenvalue weighted by molar-refractivity contribution is 5.17. The molecule has 78 valence electrons. The first-order valence-electron chi connectivity index (χ1n) is 4.38. The summed E-state index contributed by atoms with van der Waals surface area (Å²) in [6.07, 6.45) is 1.80. The van der Waals surface area contributed by atoms with Crippen molar-refractivity contribution in [2.75, 3.05) is 0 Å². The number of aryl methyl sites for hydroxylation is 1. The van der Waals surface area contributed by atoms with Crippen LogP contribution in [0.4, 0.5) is 5.88 Å². The second-order valence-corrected chi connectivity index (χ2v) is 3.15. The first kappa shape index (κ1) is 9.45. The summed E-state index contributed by atoms with van der Waals surface area (Å²) in [7, 11) is 0. The van der Waals surface area contributed by atoms with Crippen molar-refractivity contribution < 1.29 is 9.34 Å². The number of aromatic nitrogens is 2. The highest BCUT2D eigenvalue weighted by Crippen LogP contribution is 2.16. The maximum atomic E-state index is 10.4. The molecule has 0 amide bonds. The van der Waals surface area contributed by atoms with Gasteiger partial charge in [0.25, 0.3) is 0 Å². The third kappa shape index (κ3) is 2.04. The average molecular weight is 207 g/mol. The van der Waals surface area contributed by atoms with Gasteiger partial charge in [0.1, 0.15) is 10.7 Å². The van der Waals surface area contributed by atoms with Gasteiger partial charge in [-0.3, -0.25) is 14.8 Å². The van der Waals surface area contributed by atoms with Crippen molar-refractivity contribution in [3.63, 3.8) is 0 Å². The molecule has 0 aliphatic heterocycles. The van der Waals surface area contributed by atoms with Crippen LogP contribution >= 0.6 is 0 Å². The zero-order valence-electron chi connectivity index (χ0n) is 8.08. The van der Waals surface area contributed by atoms with E-state index in [1.165, 1.54) is 6.07 Å². The van der Waals surface area contributed by atoms with Crippen molar-refractivity contribution >= 4 is 5.88 Å². The summed E-state index contributed by atoms with van der Waals surface area (Å²) in [4.78, 5) is 9.80. The topological polar surface area (TPSA) is 74.1 Å². The number of nitrogens with zero attached hydrogens (tertiary/aromatic N) is 3. The minimum absolute atomic E-state index is 0.242. The van der Waals surface area contributed by atoms with Crippen LogP contribution in [0.15, 0.2) is 28.8 Å². The molecular formula is C9H9N3O3. The lowest BCUT2D eigenvalue weighted by atomic mass is 10.4. The number of furan rings is 1. The summed E-state index contributed by atoms with van der Waals surface area (Å²) >= 11 is 0. The predicted molar refractivity (Wildman–Crippen MR) is 51.4 cm³/mol. The lowest BCUT2D eigenvalue weighted by molar-refractivity contribution is -0.402. The van der Waals surface area contributed by atoms with E-state index in [4.69, 9.17) is 4.42 Å². The Morgan fingerprint density at radius 2 is 2.33 bits per heavy atom. The molecule has 0 aliphatic carbocycles. The Morgan fingerprint density at radius 1 is 1.53 bits per heavy atom. The lowest BCUT2D eigenvalue weighted by Crippen LogP contribution is -1.99. The van der Waals surface area contributed by atoms with E-state index in [2.05, 4.69) is 5.10 Å². The highest BCUT2D eigenvalue weighted by Gasteiger charge is 2.11.